The molecule has 0 amide bonds. The van der Waals surface area contributed by atoms with Crippen LogP contribution in [0.5, 0.6) is 0 Å². The normalized spacial score (nSPS) is 16.4. The molecule has 1 aromatic rings. The van der Waals surface area contributed by atoms with Gasteiger partial charge in [0.25, 0.3) is 0 Å². The Morgan fingerprint density at radius 2 is 2.11 bits per heavy atom. The van der Waals surface area contributed by atoms with Crippen LogP contribution in [0.1, 0.15) is 25.8 Å². The van der Waals surface area contributed by atoms with E-state index in [1.54, 1.807) is 6.07 Å². The van der Waals surface area contributed by atoms with E-state index >= 15 is 0 Å². The summed E-state index contributed by atoms with van der Waals surface area (Å²) in [6.07, 6.45) is 1.48. The summed E-state index contributed by atoms with van der Waals surface area (Å²) in [6, 6.07) is 5.12. The fourth-order valence-electron chi connectivity index (χ4n) is 2.24. The van der Waals surface area contributed by atoms with E-state index in [4.69, 9.17) is 5.84 Å². The third-order valence-corrected chi connectivity index (χ3v) is 4.62. The van der Waals surface area contributed by atoms with Crippen LogP contribution < -0.4 is 11.3 Å². The van der Waals surface area contributed by atoms with Gasteiger partial charge in [-0.15, -0.1) is 0 Å². The van der Waals surface area contributed by atoms with E-state index in [1.807, 2.05) is 20.2 Å². The molecule has 0 aliphatic heterocycles. The fourth-order valence-corrected chi connectivity index (χ4v) is 2.57. The smallest absolute Gasteiger partial charge is 0.127 e. The summed E-state index contributed by atoms with van der Waals surface area (Å²) in [5, 5.41) is 0. The van der Waals surface area contributed by atoms with Crippen molar-refractivity contribution in [1.82, 2.24) is 10.3 Å². The van der Waals surface area contributed by atoms with E-state index in [2.05, 4.69) is 40.1 Å². The van der Waals surface area contributed by atoms with Crippen LogP contribution in [-0.4, -0.2) is 30.6 Å². The Bertz CT molecular complexity index is 425. The first-order chi connectivity index (χ1) is 8.85. The lowest BCUT2D eigenvalue weighted by molar-refractivity contribution is 0.112. The number of hydrogen-bond donors (Lipinski definition) is 2. The monoisotopic (exact) mass is 331 g/mol. The summed E-state index contributed by atoms with van der Waals surface area (Å²) in [5.74, 6) is 5.49. The zero-order valence-electron chi connectivity index (χ0n) is 12.0. The second kappa shape index (κ2) is 6.79. The Morgan fingerprint density at radius 3 is 2.53 bits per heavy atom. The summed E-state index contributed by atoms with van der Waals surface area (Å²) in [4.78, 5) is 2.13. The second-order valence-corrected chi connectivity index (χ2v) is 6.18. The highest BCUT2D eigenvalue weighted by Gasteiger charge is 2.34. The van der Waals surface area contributed by atoms with Crippen molar-refractivity contribution in [2.75, 3.05) is 14.1 Å². The Hall–Kier alpha value is -0.490. The Labute approximate surface area is 123 Å². The molecule has 1 aromatic carbocycles. The van der Waals surface area contributed by atoms with E-state index in [0.29, 0.717) is 12.0 Å². The van der Waals surface area contributed by atoms with E-state index < -0.39 is 0 Å². The number of nitrogens with one attached hydrogen (secondary N) is 1. The minimum Gasteiger partial charge on any atom is -0.302 e. The minimum atomic E-state index is -0.202. The number of rotatable bonds is 6. The van der Waals surface area contributed by atoms with E-state index in [0.717, 1.165) is 10.9 Å². The maximum atomic E-state index is 13.9. The van der Waals surface area contributed by atoms with Crippen molar-refractivity contribution in [2.24, 2.45) is 5.84 Å². The van der Waals surface area contributed by atoms with E-state index in [1.165, 1.54) is 6.07 Å². The van der Waals surface area contributed by atoms with Gasteiger partial charge in [-0.05, 0) is 51.6 Å². The zero-order valence-corrected chi connectivity index (χ0v) is 13.6. The average Bonchev–Trinajstić information content (AvgIpc) is 2.36. The van der Waals surface area contributed by atoms with Crippen LogP contribution in [0.4, 0.5) is 4.39 Å². The third kappa shape index (κ3) is 3.75. The molecule has 0 saturated heterocycles. The molecule has 0 spiro atoms. The summed E-state index contributed by atoms with van der Waals surface area (Å²) < 4.78 is 14.7. The Morgan fingerprint density at radius 1 is 1.47 bits per heavy atom. The molecule has 0 heterocycles. The average molecular weight is 332 g/mol. The van der Waals surface area contributed by atoms with Gasteiger partial charge in [-0.2, -0.15) is 0 Å². The predicted molar refractivity (Wildman–Crippen MR) is 81.3 cm³/mol. The molecule has 2 atom stereocenters. The minimum absolute atomic E-state index is 0.0248. The molecule has 0 aliphatic rings. The second-order valence-electron chi connectivity index (χ2n) is 5.26. The Balaban J connectivity index is 2.99. The largest absolute Gasteiger partial charge is 0.302 e. The van der Waals surface area contributed by atoms with E-state index in [9.17, 15) is 4.39 Å². The SMILES string of the molecule is CCC(C)(C(Cc1ccc(Br)cc1F)NN)N(C)C. The lowest BCUT2D eigenvalue weighted by atomic mass is 9.84. The molecule has 0 fully saturated rings. The number of halogens is 2. The van der Waals surface area contributed by atoms with Crippen molar-refractivity contribution < 1.29 is 4.39 Å². The quantitative estimate of drug-likeness (QED) is 0.622. The number of likely N-dealkylation sites (N-methyl/N-ethyl adjacent to an activating group) is 1. The topological polar surface area (TPSA) is 41.3 Å². The molecule has 5 heteroatoms. The lowest BCUT2D eigenvalue weighted by Crippen LogP contribution is -2.59. The molecule has 2 unspecified atom stereocenters. The van der Waals surface area contributed by atoms with Crippen LogP contribution in [0.15, 0.2) is 22.7 Å². The first-order valence-corrected chi connectivity index (χ1v) is 7.22. The summed E-state index contributed by atoms with van der Waals surface area (Å²) in [7, 11) is 4.04. The maximum Gasteiger partial charge on any atom is 0.127 e. The first-order valence-electron chi connectivity index (χ1n) is 6.42. The van der Waals surface area contributed by atoms with Gasteiger partial charge in [0.2, 0.25) is 0 Å². The Kier molecular flexibility index (Phi) is 5.92. The lowest BCUT2D eigenvalue weighted by Gasteiger charge is -2.42. The molecule has 3 N–H and O–H groups in total. The number of hydrogen-bond acceptors (Lipinski definition) is 3. The predicted octanol–water partition coefficient (Wildman–Crippen LogP) is 2.69. The molecule has 0 saturated carbocycles. The van der Waals surface area contributed by atoms with Crippen molar-refractivity contribution in [3.63, 3.8) is 0 Å². The molecule has 0 bridgehead atoms. The molecule has 0 radical (unpaired) electrons. The van der Waals surface area contributed by atoms with Crippen LogP contribution in [0.25, 0.3) is 0 Å². The molecule has 19 heavy (non-hydrogen) atoms. The van der Waals surface area contributed by atoms with Crippen LogP contribution in [0.3, 0.4) is 0 Å². The van der Waals surface area contributed by atoms with Gasteiger partial charge in [-0.3, -0.25) is 11.3 Å². The van der Waals surface area contributed by atoms with Crippen molar-refractivity contribution >= 4 is 15.9 Å². The molecule has 1 rings (SSSR count). The summed E-state index contributed by atoms with van der Waals surface area (Å²) >= 11 is 3.27. The molecule has 3 nitrogen and oxygen atoms in total. The van der Waals surface area contributed by atoms with Crippen LogP contribution in [-0.2, 0) is 6.42 Å². The summed E-state index contributed by atoms with van der Waals surface area (Å²) in [6.45, 7) is 4.25. The number of benzene rings is 1. The molecule has 0 aliphatic carbocycles. The van der Waals surface area contributed by atoms with Gasteiger partial charge in [0.1, 0.15) is 5.82 Å². The molecular formula is C14H23BrFN3. The van der Waals surface area contributed by atoms with Crippen molar-refractivity contribution in [2.45, 2.75) is 38.3 Å². The van der Waals surface area contributed by atoms with E-state index in [-0.39, 0.29) is 17.4 Å². The van der Waals surface area contributed by atoms with Crippen molar-refractivity contribution in [1.29, 1.82) is 0 Å². The molecule has 108 valence electrons. The first kappa shape index (κ1) is 16.6. The van der Waals surface area contributed by atoms with Crippen LogP contribution in [0.2, 0.25) is 0 Å². The maximum absolute atomic E-state index is 13.9. The van der Waals surface area contributed by atoms with Crippen LogP contribution in [0, 0.1) is 5.82 Å². The summed E-state index contributed by atoms with van der Waals surface area (Å²) in [5.41, 5.74) is 3.39. The fraction of sp³-hybridized carbons (Fsp3) is 0.571. The molecular weight excluding hydrogens is 309 g/mol. The highest BCUT2D eigenvalue weighted by molar-refractivity contribution is 9.10. The highest BCUT2D eigenvalue weighted by atomic mass is 79.9. The van der Waals surface area contributed by atoms with Gasteiger partial charge >= 0.3 is 0 Å². The third-order valence-electron chi connectivity index (χ3n) is 4.13. The number of nitrogens with zero attached hydrogens (tertiary/aromatic N) is 1. The van der Waals surface area contributed by atoms with Crippen LogP contribution >= 0.6 is 15.9 Å². The number of nitrogens with two attached hydrogens (primary N) is 1. The number of hydrazine groups is 1. The van der Waals surface area contributed by atoms with Gasteiger partial charge in [0.15, 0.2) is 0 Å². The van der Waals surface area contributed by atoms with Gasteiger partial charge in [0, 0.05) is 16.1 Å². The van der Waals surface area contributed by atoms with Gasteiger partial charge in [-0.25, -0.2) is 4.39 Å². The van der Waals surface area contributed by atoms with Gasteiger partial charge in [0.05, 0.1) is 0 Å². The molecule has 0 aromatic heterocycles. The highest BCUT2D eigenvalue weighted by Crippen LogP contribution is 2.25. The van der Waals surface area contributed by atoms with Gasteiger partial charge in [-0.1, -0.05) is 28.9 Å². The standard InChI is InChI=1S/C14H23BrFN3/c1-5-14(2,19(3)4)13(18-17)8-10-6-7-11(15)9-12(10)16/h6-7,9,13,18H,5,8,17H2,1-4H3. The van der Waals surface area contributed by atoms with Gasteiger partial charge < -0.3 is 4.90 Å². The van der Waals surface area contributed by atoms with Crippen molar-refractivity contribution in [3.05, 3.63) is 34.1 Å². The zero-order chi connectivity index (χ0) is 14.6. The van der Waals surface area contributed by atoms with Crippen molar-refractivity contribution in [3.8, 4) is 0 Å².